The second-order valence-electron chi connectivity index (χ2n) is 5.01. The molecule has 0 aromatic carbocycles. The van der Waals surface area contributed by atoms with E-state index in [2.05, 4.69) is 11.9 Å². The van der Waals surface area contributed by atoms with Crippen LogP contribution in [0.2, 0.25) is 0 Å². The lowest BCUT2D eigenvalue weighted by Gasteiger charge is -2.08. The van der Waals surface area contributed by atoms with E-state index >= 15 is 0 Å². The number of guanidine groups is 2. The summed E-state index contributed by atoms with van der Waals surface area (Å²) in [6.45, 7) is 2.20. The van der Waals surface area contributed by atoms with Crippen molar-refractivity contribution in [1.29, 1.82) is 5.41 Å². The Bertz CT molecular complexity index is 316. The van der Waals surface area contributed by atoms with Crippen molar-refractivity contribution >= 4 is 17.9 Å². The highest BCUT2D eigenvalue weighted by atomic mass is 16.4. The van der Waals surface area contributed by atoms with Crippen LogP contribution < -0.4 is 11.5 Å². The Morgan fingerprint density at radius 3 is 1.90 bits per heavy atom. The summed E-state index contributed by atoms with van der Waals surface area (Å²) in [6.07, 6.45) is 8.64. The van der Waals surface area contributed by atoms with Crippen molar-refractivity contribution in [2.45, 2.75) is 58.3 Å². The largest absolute Gasteiger partial charge is 0.481 e. The summed E-state index contributed by atoms with van der Waals surface area (Å²) in [4.78, 5) is 15.2. The molecule has 0 amide bonds. The second-order valence-corrected chi connectivity index (χ2v) is 5.01. The summed E-state index contributed by atoms with van der Waals surface area (Å²) in [5.74, 6) is -0.702. The quantitative estimate of drug-likeness (QED) is 0.309. The number of hydrogen-bond donors (Lipinski definition) is 4. The Morgan fingerprint density at radius 1 is 1.10 bits per heavy atom. The number of nitrogens with one attached hydrogen (secondary N) is 1. The van der Waals surface area contributed by atoms with Crippen LogP contribution >= 0.6 is 0 Å². The topological polar surface area (TPSA) is 129 Å². The lowest BCUT2D eigenvalue weighted by atomic mass is 10.1. The number of hydrogen-bond acceptors (Lipinski definition) is 2. The van der Waals surface area contributed by atoms with E-state index in [9.17, 15) is 4.79 Å². The van der Waals surface area contributed by atoms with Crippen LogP contribution in [0, 0.1) is 5.41 Å². The molecule has 0 spiro atoms. The maximum atomic E-state index is 10.1. The second kappa shape index (κ2) is 14.6. The smallest absolute Gasteiger partial charge is 0.303 e. The lowest BCUT2D eigenvalue weighted by molar-refractivity contribution is -0.137. The summed E-state index contributed by atoms with van der Waals surface area (Å²) in [6, 6.07) is 0. The van der Waals surface area contributed by atoms with Gasteiger partial charge in [0.1, 0.15) is 0 Å². The lowest BCUT2D eigenvalue weighted by Crippen LogP contribution is -2.32. The zero-order chi connectivity index (χ0) is 16.7. The zero-order valence-corrected chi connectivity index (χ0v) is 13.6. The molecule has 0 heterocycles. The fourth-order valence-corrected chi connectivity index (χ4v) is 1.46. The van der Waals surface area contributed by atoms with Gasteiger partial charge >= 0.3 is 5.97 Å². The third kappa shape index (κ3) is 20.7. The fourth-order valence-electron chi connectivity index (χ4n) is 1.46. The number of nitrogens with two attached hydrogens (primary N) is 2. The standard InChI is InChI=1S/C10H20O2.C4H11N5/c1-2-3-4-5-6-7-8-9-10(11)12;1-9(2)4(7)8-3(5)6/h2-9H2,1H3,(H,11,12);1-2H3,(H5,5,6,7,8). The zero-order valence-electron chi connectivity index (χ0n) is 13.6. The van der Waals surface area contributed by atoms with Crippen LogP contribution in [0.15, 0.2) is 4.99 Å². The highest BCUT2D eigenvalue weighted by molar-refractivity contribution is 5.91. The Hall–Kier alpha value is -1.79. The minimum Gasteiger partial charge on any atom is -0.481 e. The van der Waals surface area contributed by atoms with Gasteiger partial charge in [0.25, 0.3) is 0 Å². The summed E-state index contributed by atoms with van der Waals surface area (Å²) in [7, 11) is 3.45. The van der Waals surface area contributed by atoms with Crippen molar-refractivity contribution in [2.24, 2.45) is 16.5 Å². The molecule has 0 aromatic rings. The van der Waals surface area contributed by atoms with Gasteiger partial charge in [0.05, 0.1) is 0 Å². The number of carbonyl (C=O) groups is 1. The van der Waals surface area contributed by atoms with Crippen molar-refractivity contribution in [2.75, 3.05) is 14.1 Å². The molecule has 0 aromatic heterocycles. The molecular weight excluding hydrogens is 270 g/mol. The summed E-state index contributed by atoms with van der Waals surface area (Å²) < 4.78 is 0. The molecule has 0 atom stereocenters. The van der Waals surface area contributed by atoms with Crippen LogP contribution in [0.1, 0.15) is 58.3 Å². The monoisotopic (exact) mass is 301 g/mol. The van der Waals surface area contributed by atoms with Gasteiger partial charge < -0.3 is 21.5 Å². The van der Waals surface area contributed by atoms with Crippen LogP contribution in [0.3, 0.4) is 0 Å². The predicted octanol–water partition coefficient (Wildman–Crippen LogP) is 1.97. The van der Waals surface area contributed by atoms with Crippen molar-refractivity contribution in [3.63, 3.8) is 0 Å². The Morgan fingerprint density at radius 2 is 1.57 bits per heavy atom. The first kappa shape index (κ1) is 21.5. The van der Waals surface area contributed by atoms with Gasteiger partial charge in [-0.15, -0.1) is 0 Å². The van der Waals surface area contributed by atoms with Crippen molar-refractivity contribution in [3.05, 3.63) is 0 Å². The van der Waals surface area contributed by atoms with E-state index < -0.39 is 5.97 Å². The number of carboxylic acid groups (broad SMARTS) is 1. The molecule has 124 valence electrons. The van der Waals surface area contributed by atoms with Crippen LogP contribution in [0.5, 0.6) is 0 Å². The van der Waals surface area contributed by atoms with E-state index in [-0.39, 0.29) is 11.9 Å². The van der Waals surface area contributed by atoms with Gasteiger partial charge in [-0.05, 0) is 6.42 Å². The van der Waals surface area contributed by atoms with Crippen molar-refractivity contribution in [3.8, 4) is 0 Å². The summed E-state index contributed by atoms with van der Waals surface area (Å²) in [5, 5.41) is 15.1. The molecule has 0 bridgehead atoms. The van der Waals surface area contributed by atoms with Crippen LogP contribution in [-0.4, -0.2) is 42.0 Å². The molecule has 0 aliphatic heterocycles. The van der Waals surface area contributed by atoms with E-state index in [1.807, 2.05) is 0 Å². The van der Waals surface area contributed by atoms with E-state index in [0.717, 1.165) is 12.8 Å². The molecule has 0 aliphatic rings. The first-order chi connectivity index (χ1) is 9.81. The van der Waals surface area contributed by atoms with E-state index in [4.69, 9.17) is 22.0 Å². The molecule has 21 heavy (non-hydrogen) atoms. The first-order valence-corrected chi connectivity index (χ1v) is 7.38. The highest BCUT2D eigenvalue weighted by Gasteiger charge is 1.95. The summed E-state index contributed by atoms with van der Waals surface area (Å²) >= 11 is 0. The number of carboxylic acids is 1. The number of rotatable bonds is 8. The van der Waals surface area contributed by atoms with Crippen molar-refractivity contribution in [1.82, 2.24) is 4.90 Å². The van der Waals surface area contributed by atoms with E-state index in [0.29, 0.717) is 6.42 Å². The fraction of sp³-hybridized carbons (Fsp3) is 0.786. The number of aliphatic carboxylic acids is 1. The van der Waals surface area contributed by atoms with Gasteiger partial charge in [0, 0.05) is 20.5 Å². The maximum Gasteiger partial charge on any atom is 0.303 e. The van der Waals surface area contributed by atoms with Crippen LogP contribution in [-0.2, 0) is 4.79 Å². The summed E-state index contributed by atoms with van der Waals surface area (Å²) in [5.41, 5.74) is 10.2. The SMILES string of the molecule is CCCCCCCCCC(=O)O.CN(C)/C(N)=N/C(=N)N. The third-order valence-corrected chi connectivity index (χ3v) is 2.69. The normalized spacial score (nSPS) is 10.5. The average Bonchev–Trinajstić information content (AvgIpc) is 2.37. The van der Waals surface area contributed by atoms with Crippen LogP contribution in [0.4, 0.5) is 0 Å². The first-order valence-electron chi connectivity index (χ1n) is 7.38. The van der Waals surface area contributed by atoms with Gasteiger partial charge in [-0.25, -0.2) is 0 Å². The number of aliphatic imine (C=N–C) groups is 1. The third-order valence-electron chi connectivity index (χ3n) is 2.69. The number of nitrogens with zero attached hydrogens (tertiary/aromatic N) is 2. The highest BCUT2D eigenvalue weighted by Crippen LogP contribution is 2.07. The molecule has 0 unspecified atom stereocenters. The molecule has 0 radical (unpaired) electrons. The average molecular weight is 301 g/mol. The van der Waals surface area contributed by atoms with Crippen molar-refractivity contribution < 1.29 is 9.90 Å². The van der Waals surface area contributed by atoms with Crippen LogP contribution in [0.25, 0.3) is 0 Å². The van der Waals surface area contributed by atoms with Gasteiger partial charge in [-0.3, -0.25) is 10.2 Å². The Kier molecular flexibility index (Phi) is 15.0. The molecule has 6 N–H and O–H groups in total. The Labute approximate surface area is 127 Å². The minimum atomic E-state index is -0.663. The molecule has 0 saturated heterocycles. The van der Waals surface area contributed by atoms with E-state index in [1.165, 1.54) is 32.1 Å². The van der Waals surface area contributed by atoms with Gasteiger partial charge in [0.2, 0.25) is 5.96 Å². The molecular formula is C14H31N5O2. The molecule has 0 aliphatic carbocycles. The molecule has 0 fully saturated rings. The maximum absolute atomic E-state index is 10.1. The minimum absolute atomic E-state index is 0.238. The van der Waals surface area contributed by atoms with Gasteiger partial charge in [-0.1, -0.05) is 45.4 Å². The number of unbranched alkanes of at least 4 members (excludes halogenated alkanes) is 6. The van der Waals surface area contributed by atoms with Gasteiger partial charge in [-0.2, -0.15) is 4.99 Å². The molecule has 7 heteroatoms. The van der Waals surface area contributed by atoms with Gasteiger partial charge in [0.15, 0.2) is 5.96 Å². The molecule has 0 rings (SSSR count). The Balaban J connectivity index is 0. The van der Waals surface area contributed by atoms with E-state index in [1.54, 1.807) is 19.0 Å². The molecule has 7 nitrogen and oxygen atoms in total. The predicted molar refractivity (Wildman–Crippen MR) is 87.5 cm³/mol. The molecule has 0 saturated carbocycles.